The van der Waals surface area contributed by atoms with E-state index in [9.17, 15) is 4.79 Å². The van der Waals surface area contributed by atoms with Gasteiger partial charge in [0, 0.05) is 16.9 Å². The Morgan fingerprint density at radius 3 is 2.88 bits per heavy atom. The van der Waals surface area contributed by atoms with Gasteiger partial charge in [-0.1, -0.05) is 31.9 Å². The molecule has 0 N–H and O–H groups in total. The second kappa shape index (κ2) is 6.50. The number of thiophene rings is 1. The van der Waals surface area contributed by atoms with E-state index >= 15 is 0 Å². The molecule has 0 bridgehead atoms. The van der Waals surface area contributed by atoms with Crippen LogP contribution in [-0.4, -0.2) is 16.7 Å². The van der Waals surface area contributed by atoms with Gasteiger partial charge in [-0.25, -0.2) is 4.98 Å². The predicted octanol–water partition coefficient (Wildman–Crippen LogP) is 3.89. The summed E-state index contributed by atoms with van der Waals surface area (Å²) in [6.45, 7) is 4.25. The quantitative estimate of drug-likeness (QED) is 0.678. The van der Waals surface area contributed by atoms with Crippen LogP contribution >= 0.6 is 11.3 Å². The van der Waals surface area contributed by atoms with E-state index in [0.29, 0.717) is 5.39 Å². The number of methoxy groups -OCH3 is 1. The van der Waals surface area contributed by atoms with E-state index in [4.69, 9.17) is 16.1 Å². The van der Waals surface area contributed by atoms with E-state index in [0.717, 1.165) is 27.5 Å². The molecule has 0 atom stereocenters. The number of hydrogen-bond donors (Lipinski definition) is 0. The minimum Gasteiger partial charge on any atom is -0.497 e. The zero-order valence-electron chi connectivity index (χ0n) is 13.9. The van der Waals surface area contributed by atoms with Crippen molar-refractivity contribution in [3.8, 4) is 29.2 Å². The summed E-state index contributed by atoms with van der Waals surface area (Å²) in [6.07, 6.45) is 5.45. The van der Waals surface area contributed by atoms with Crippen molar-refractivity contribution in [1.82, 2.24) is 9.55 Å². The number of benzene rings is 1. The summed E-state index contributed by atoms with van der Waals surface area (Å²) in [5, 5.41) is 2.59. The molecule has 3 aromatic rings. The van der Waals surface area contributed by atoms with Crippen molar-refractivity contribution in [2.24, 2.45) is 0 Å². The van der Waals surface area contributed by atoms with Crippen molar-refractivity contribution in [3.63, 3.8) is 0 Å². The second-order valence-corrected chi connectivity index (χ2v) is 6.64. The van der Waals surface area contributed by atoms with Crippen LogP contribution in [0.3, 0.4) is 0 Å². The highest BCUT2D eigenvalue weighted by Gasteiger charge is 2.18. The Kier molecular flexibility index (Phi) is 4.41. The molecule has 3 rings (SSSR count). The first-order chi connectivity index (χ1) is 11.6. The average Bonchev–Trinajstić information content (AvgIpc) is 3.01. The molecule has 24 heavy (non-hydrogen) atoms. The van der Waals surface area contributed by atoms with Gasteiger partial charge in [-0.05, 0) is 17.7 Å². The monoisotopic (exact) mass is 338 g/mol. The molecule has 0 unspecified atom stereocenters. The molecule has 0 saturated carbocycles. The molecule has 0 aliphatic rings. The molecule has 5 heteroatoms. The summed E-state index contributed by atoms with van der Waals surface area (Å²) in [5.41, 5.74) is 1.72. The van der Waals surface area contributed by atoms with Crippen molar-refractivity contribution in [2.75, 3.05) is 7.11 Å². The van der Waals surface area contributed by atoms with E-state index in [1.807, 2.05) is 43.5 Å². The molecular weight excluding hydrogens is 320 g/mol. The molecule has 0 aliphatic carbocycles. The zero-order valence-corrected chi connectivity index (χ0v) is 14.7. The van der Waals surface area contributed by atoms with Crippen LogP contribution in [0.1, 0.15) is 25.6 Å². The summed E-state index contributed by atoms with van der Waals surface area (Å²) >= 11 is 1.48. The molecule has 0 aliphatic heterocycles. The van der Waals surface area contributed by atoms with Crippen LogP contribution < -0.4 is 10.3 Å². The molecule has 1 aromatic carbocycles. The van der Waals surface area contributed by atoms with Gasteiger partial charge in [-0.2, -0.15) is 0 Å². The Bertz CT molecular complexity index is 993. The second-order valence-electron chi connectivity index (χ2n) is 5.78. The van der Waals surface area contributed by atoms with Gasteiger partial charge in [0.1, 0.15) is 16.4 Å². The third-order valence-electron chi connectivity index (χ3n) is 3.87. The number of ether oxygens (including phenoxy) is 1. The summed E-state index contributed by atoms with van der Waals surface area (Å²) in [7, 11) is 1.63. The fourth-order valence-corrected chi connectivity index (χ4v) is 3.67. The van der Waals surface area contributed by atoms with Gasteiger partial charge in [0.15, 0.2) is 0 Å². The number of terminal acetylenes is 1. The van der Waals surface area contributed by atoms with Crippen molar-refractivity contribution in [1.29, 1.82) is 0 Å². The SMILES string of the molecule is C#CCn1c(C(C)C)nc2scc(-c3cccc(OC)c3)c2c1=O. The molecular formula is C19H18N2O2S. The summed E-state index contributed by atoms with van der Waals surface area (Å²) in [6, 6.07) is 7.67. The normalized spacial score (nSPS) is 11.0. The van der Waals surface area contributed by atoms with Crippen molar-refractivity contribution in [3.05, 3.63) is 45.8 Å². The first-order valence-corrected chi connectivity index (χ1v) is 8.54. The maximum Gasteiger partial charge on any atom is 0.263 e. The van der Waals surface area contributed by atoms with Gasteiger partial charge in [0.05, 0.1) is 19.0 Å². The smallest absolute Gasteiger partial charge is 0.263 e. The van der Waals surface area contributed by atoms with Crippen molar-refractivity contribution >= 4 is 21.6 Å². The van der Waals surface area contributed by atoms with Gasteiger partial charge in [-0.15, -0.1) is 17.8 Å². The highest BCUT2D eigenvalue weighted by molar-refractivity contribution is 7.17. The lowest BCUT2D eigenvalue weighted by atomic mass is 10.1. The molecule has 0 radical (unpaired) electrons. The minimum atomic E-state index is -0.0827. The first-order valence-electron chi connectivity index (χ1n) is 7.66. The number of rotatable bonds is 4. The Hall–Kier alpha value is -2.58. The van der Waals surface area contributed by atoms with Crippen molar-refractivity contribution < 1.29 is 4.74 Å². The topological polar surface area (TPSA) is 44.1 Å². The molecule has 0 saturated heterocycles. The Labute approximate surface area is 144 Å². The maximum absolute atomic E-state index is 13.1. The summed E-state index contributed by atoms with van der Waals surface area (Å²) < 4.78 is 6.89. The molecule has 122 valence electrons. The largest absolute Gasteiger partial charge is 0.497 e. The Morgan fingerprint density at radius 2 is 2.21 bits per heavy atom. The first kappa shape index (κ1) is 16.3. The van der Waals surface area contributed by atoms with E-state index < -0.39 is 0 Å². The summed E-state index contributed by atoms with van der Waals surface area (Å²) in [5.74, 6) is 4.16. The standard InChI is InChI=1S/C19H18N2O2S/c1-5-9-21-17(12(2)3)20-18-16(19(21)22)15(11-24-18)13-7-6-8-14(10-13)23-4/h1,6-8,10-12H,9H2,2-4H3. The van der Waals surface area contributed by atoms with E-state index in [1.54, 1.807) is 11.7 Å². The predicted molar refractivity (Wildman–Crippen MR) is 98.8 cm³/mol. The lowest BCUT2D eigenvalue weighted by Gasteiger charge is -2.13. The van der Waals surface area contributed by atoms with Crippen molar-refractivity contribution in [2.45, 2.75) is 26.3 Å². The number of hydrogen-bond acceptors (Lipinski definition) is 4. The molecule has 2 heterocycles. The van der Waals surface area contributed by atoms with E-state index in [-0.39, 0.29) is 18.0 Å². The van der Waals surface area contributed by atoms with E-state index in [1.165, 1.54) is 11.3 Å². The fraction of sp³-hybridized carbons (Fsp3) is 0.263. The minimum absolute atomic E-state index is 0.0827. The van der Waals surface area contributed by atoms with Gasteiger partial charge >= 0.3 is 0 Å². The van der Waals surface area contributed by atoms with Crippen LogP contribution in [0, 0.1) is 12.3 Å². The van der Waals surface area contributed by atoms with Crippen LogP contribution in [0.2, 0.25) is 0 Å². The molecule has 0 spiro atoms. The lowest BCUT2D eigenvalue weighted by Crippen LogP contribution is -2.25. The Morgan fingerprint density at radius 1 is 1.42 bits per heavy atom. The van der Waals surface area contributed by atoms with E-state index in [2.05, 4.69) is 5.92 Å². The van der Waals surface area contributed by atoms with Crippen LogP contribution in [0.5, 0.6) is 5.75 Å². The fourth-order valence-electron chi connectivity index (χ4n) is 2.73. The average molecular weight is 338 g/mol. The van der Waals surface area contributed by atoms with Crippen LogP contribution in [0.25, 0.3) is 21.3 Å². The number of nitrogens with zero attached hydrogens (tertiary/aromatic N) is 2. The maximum atomic E-state index is 13.1. The molecule has 0 fully saturated rings. The zero-order chi connectivity index (χ0) is 17.3. The van der Waals surface area contributed by atoms with Crippen LogP contribution in [0.15, 0.2) is 34.4 Å². The lowest BCUT2D eigenvalue weighted by molar-refractivity contribution is 0.415. The third kappa shape index (κ3) is 2.70. The van der Waals surface area contributed by atoms with Gasteiger partial charge in [0.2, 0.25) is 0 Å². The number of fused-ring (bicyclic) bond motifs is 1. The van der Waals surface area contributed by atoms with Crippen LogP contribution in [0.4, 0.5) is 0 Å². The molecule has 0 amide bonds. The van der Waals surface area contributed by atoms with Gasteiger partial charge in [-0.3, -0.25) is 9.36 Å². The Balaban J connectivity index is 2.31. The molecule has 2 aromatic heterocycles. The van der Waals surface area contributed by atoms with Crippen LogP contribution in [-0.2, 0) is 6.54 Å². The summed E-state index contributed by atoms with van der Waals surface area (Å²) in [4.78, 5) is 18.5. The highest BCUT2D eigenvalue weighted by atomic mass is 32.1. The number of aromatic nitrogens is 2. The highest BCUT2D eigenvalue weighted by Crippen LogP contribution is 2.33. The molecule has 4 nitrogen and oxygen atoms in total. The van der Waals surface area contributed by atoms with Gasteiger partial charge in [0.25, 0.3) is 5.56 Å². The third-order valence-corrected chi connectivity index (χ3v) is 4.74. The van der Waals surface area contributed by atoms with Gasteiger partial charge < -0.3 is 4.74 Å².